The Morgan fingerprint density at radius 3 is 2.82 bits per heavy atom. The highest BCUT2D eigenvalue weighted by Gasteiger charge is 2.19. The summed E-state index contributed by atoms with van der Waals surface area (Å²) in [6.45, 7) is 3.92. The van der Waals surface area contributed by atoms with Crippen LogP contribution < -0.4 is 11.1 Å². The molecule has 0 atom stereocenters. The number of carbonyl (C=O) groups is 1. The fraction of sp³-hybridized carbons (Fsp3) is 0.375. The van der Waals surface area contributed by atoms with Crippen LogP contribution in [0.25, 0.3) is 0 Å². The highest BCUT2D eigenvalue weighted by molar-refractivity contribution is 7.09. The van der Waals surface area contributed by atoms with Crippen molar-refractivity contribution in [2.24, 2.45) is 0 Å². The first-order valence-electron chi connectivity index (χ1n) is 4.89. The van der Waals surface area contributed by atoms with Crippen LogP contribution in [0.3, 0.4) is 0 Å². The zero-order valence-electron chi connectivity index (χ0n) is 9.26. The summed E-state index contributed by atoms with van der Waals surface area (Å²) >= 11 is 0.982. The molecule has 0 aliphatic carbocycles. The normalized spacial score (nSPS) is 10.8. The van der Waals surface area contributed by atoms with Gasteiger partial charge in [0, 0.05) is 11.5 Å². The van der Waals surface area contributed by atoms with Crippen molar-refractivity contribution < 1.29 is 4.79 Å². The zero-order chi connectivity index (χ0) is 12.4. The maximum absolute atomic E-state index is 11.8. The molecule has 1 amide bonds. The van der Waals surface area contributed by atoms with Gasteiger partial charge in [0.25, 0.3) is 5.91 Å². The largest absolute Gasteiger partial charge is 0.395 e. The van der Waals surface area contributed by atoms with Gasteiger partial charge in [0.1, 0.15) is 0 Å². The number of anilines is 2. The maximum atomic E-state index is 11.8. The molecule has 0 aliphatic heterocycles. The first-order chi connectivity index (χ1) is 8.09. The minimum absolute atomic E-state index is 0.156. The summed E-state index contributed by atoms with van der Waals surface area (Å²) in [7, 11) is 0. The molecule has 0 bridgehead atoms. The van der Waals surface area contributed by atoms with Crippen LogP contribution in [-0.4, -0.2) is 30.9 Å². The Morgan fingerprint density at radius 2 is 2.29 bits per heavy atom. The third-order valence-corrected chi connectivity index (χ3v) is 2.66. The van der Waals surface area contributed by atoms with Crippen molar-refractivity contribution in [3.05, 3.63) is 11.4 Å². The maximum Gasteiger partial charge on any atom is 0.280 e. The van der Waals surface area contributed by atoms with Crippen LogP contribution in [0.4, 0.5) is 10.8 Å². The minimum Gasteiger partial charge on any atom is -0.395 e. The van der Waals surface area contributed by atoms with E-state index in [1.807, 2.05) is 13.8 Å². The summed E-state index contributed by atoms with van der Waals surface area (Å²) in [5.41, 5.74) is 7.09. The van der Waals surface area contributed by atoms with Gasteiger partial charge < -0.3 is 5.73 Å². The van der Waals surface area contributed by atoms with Crippen molar-refractivity contribution in [3.63, 3.8) is 0 Å². The molecule has 8 nitrogen and oxygen atoms in total. The van der Waals surface area contributed by atoms with Gasteiger partial charge in [-0.25, -0.2) is 0 Å². The lowest BCUT2D eigenvalue weighted by Crippen LogP contribution is -2.14. The molecule has 0 spiro atoms. The summed E-state index contributed by atoms with van der Waals surface area (Å²) < 4.78 is 3.53. The first-order valence-corrected chi connectivity index (χ1v) is 5.67. The molecule has 0 radical (unpaired) electrons. The van der Waals surface area contributed by atoms with Gasteiger partial charge in [-0.1, -0.05) is 23.4 Å². The number of carbonyl (C=O) groups excluding carboxylic acids is 1. The Kier molecular flexibility index (Phi) is 3.00. The lowest BCUT2D eigenvalue weighted by Gasteiger charge is -2.02. The third kappa shape index (κ3) is 2.23. The van der Waals surface area contributed by atoms with E-state index in [-0.39, 0.29) is 11.6 Å². The predicted molar refractivity (Wildman–Crippen MR) is 62.7 cm³/mol. The third-order valence-electron chi connectivity index (χ3n) is 2.15. The number of nitrogens with one attached hydrogen (secondary N) is 2. The van der Waals surface area contributed by atoms with Crippen LogP contribution in [0.2, 0.25) is 0 Å². The van der Waals surface area contributed by atoms with E-state index in [1.165, 1.54) is 0 Å². The van der Waals surface area contributed by atoms with Crippen LogP contribution in [-0.2, 0) is 0 Å². The van der Waals surface area contributed by atoms with Gasteiger partial charge in [-0.15, -0.1) is 0 Å². The molecular weight excluding hydrogens is 242 g/mol. The van der Waals surface area contributed by atoms with Gasteiger partial charge in [0.05, 0.1) is 11.4 Å². The van der Waals surface area contributed by atoms with Crippen molar-refractivity contribution in [1.82, 2.24) is 25.0 Å². The van der Waals surface area contributed by atoms with Crippen molar-refractivity contribution in [2.75, 3.05) is 11.1 Å². The number of nitrogens with zero attached hydrogens (tertiary/aromatic N) is 4. The van der Waals surface area contributed by atoms with Crippen LogP contribution in [0.15, 0.2) is 0 Å². The van der Waals surface area contributed by atoms with Gasteiger partial charge >= 0.3 is 0 Å². The van der Waals surface area contributed by atoms with E-state index in [0.29, 0.717) is 10.8 Å². The van der Waals surface area contributed by atoms with Gasteiger partial charge in [0.2, 0.25) is 5.13 Å². The Labute approximate surface area is 101 Å². The van der Waals surface area contributed by atoms with Gasteiger partial charge in [-0.05, 0) is 11.1 Å². The second-order valence-corrected chi connectivity index (χ2v) is 4.41. The number of rotatable bonds is 3. The number of hydrogen-bond donors (Lipinski definition) is 3. The molecule has 0 unspecified atom stereocenters. The van der Waals surface area contributed by atoms with E-state index in [9.17, 15) is 4.79 Å². The van der Waals surface area contributed by atoms with Crippen molar-refractivity contribution in [3.8, 4) is 0 Å². The fourth-order valence-corrected chi connectivity index (χ4v) is 1.68. The monoisotopic (exact) mass is 253 g/mol. The molecule has 2 heterocycles. The van der Waals surface area contributed by atoms with Crippen LogP contribution in [0.5, 0.6) is 0 Å². The average molecular weight is 253 g/mol. The molecule has 90 valence electrons. The number of aromatic nitrogens is 5. The Balaban J connectivity index is 2.20. The molecular formula is C8H11N7OS. The van der Waals surface area contributed by atoms with Gasteiger partial charge in [-0.3, -0.25) is 15.2 Å². The molecule has 4 N–H and O–H groups in total. The van der Waals surface area contributed by atoms with Crippen molar-refractivity contribution in [1.29, 1.82) is 0 Å². The molecule has 2 rings (SSSR count). The molecule has 2 aromatic heterocycles. The summed E-state index contributed by atoms with van der Waals surface area (Å²) in [5, 5.41) is 16.4. The molecule has 0 saturated carbocycles. The summed E-state index contributed by atoms with van der Waals surface area (Å²) in [5.74, 6) is -0.253. The van der Waals surface area contributed by atoms with Crippen LogP contribution in [0.1, 0.15) is 35.9 Å². The number of nitrogens with two attached hydrogens (primary N) is 1. The van der Waals surface area contributed by atoms with Crippen LogP contribution in [0, 0.1) is 0 Å². The zero-order valence-corrected chi connectivity index (χ0v) is 10.1. The average Bonchev–Trinajstić information content (AvgIpc) is 2.86. The minimum atomic E-state index is -0.427. The molecule has 0 aliphatic rings. The second-order valence-electron chi connectivity index (χ2n) is 3.68. The quantitative estimate of drug-likeness (QED) is 0.736. The molecule has 9 heteroatoms. The smallest absolute Gasteiger partial charge is 0.280 e. The number of nitrogen functional groups attached to an aromatic ring is 1. The summed E-state index contributed by atoms with van der Waals surface area (Å²) in [6.07, 6.45) is 0. The number of hydrogen-bond acceptors (Lipinski definition) is 7. The number of H-pyrrole nitrogens is 1. The predicted octanol–water partition coefficient (Wildman–Crippen LogP) is 0.614. The number of aromatic amines is 1. The lowest BCUT2D eigenvalue weighted by atomic mass is 10.1. The van der Waals surface area contributed by atoms with E-state index < -0.39 is 5.91 Å². The Bertz CT molecular complexity index is 518. The van der Waals surface area contributed by atoms with E-state index in [4.69, 9.17) is 5.73 Å². The highest BCUT2D eigenvalue weighted by atomic mass is 32.1. The second kappa shape index (κ2) is 4.45. The molecule has 0 fully saturated rings. The van der Waals surface area contributed by atoms with E-state index in [2.05, 4.69) is 30.3 Å². The SMILES string of the molecule is CC(C)c1[nH]nc(C(=O)Nc2nnns2)c1N. The Morgan fingerprint density at radius 1 is 1.53 bits per heavy atom. The lowest BCUT2D eigenvalue weighted by molar-refractivity contribution is 0.102. The van der Waals surface area contributed by atoms with Crippen LogP contribution >= 0.6 is 11.5 Å². The standard InChI is InChI=1S/C8H11N7OS/c1-3(2)5-4(9)6(12-11-5)7(16)10-8-13-14-15-17-8/h3H,9H2,1-2H3,(H,11,12)(H,10,13,15,16). The van der Waals surface area contributed by atoms with E-state index in [1.54, 1.807) is 0 Å². The van der Waals surface area contributed by atoms with Gasteiger partial charge in [0.15, 0.2) is 5.69 Å². The summed E-state index contributed by atoms with van der Waals surface area (Å²) in [6, 6.07) is 0. The topological polar surface area (TPSA) is 122 Å². The molecule has 2 aromatic rings. The molecule has 0 aromatic carbocycles. The highest BCUT2D eigenvalue weighted by Crippen LogP contribution is 2.22. The molecule has 17 heavy (non-hydrogen) atoms. The van der Waals surface area contributed by atoms with Crippen molar-refractivity contribution >= 4 is 28.3 Å². The molecule has 0 saturated heterocycles. The fourth-order valence-electron chi connectivity index (χ4n) is 1.32. The Hall–Kier alpha value is -2.03. The summed E-state index contributed by atoms with van der Waals surface area (Å²) in [4.78, 5) is 11.8. The number of amides is 1. The van der Waals surface area contributed by atoms with Crippen molar-refractivity contribution in [2.45, 2.75) is 19.8 Å². The van der Waals surface area contributed by atoms with Gasteiger partial charge in [-0.2, -0.15) is 5.10 Å². The first kappa shape index (κ1) is 11.5. The van der Waals surface area contributed by atoms with E-state index >= 15 is 0 Å². The van der Waals surface area contributed by atoms with E-state index in [0.717, 1.165) is 17.2 Å².